The summed E-state index contributed by atoms with van der Waals surface area (Å²) in [5.74, 6) is -3.46. The Hall–Kier alpha value is -3.69. The van der Waals surface area contributed by atoms with Crippen LogP contribution in [0.15, 0.2) is 30.7 Å². The van der Waals surface area contributed by atoms with Crippen molar-refractivity contribution in [2.75, 3.05) is 0 Å². The number of carbonyl (C=O) groups is 1. The number of benzene rings is 1. The molecule has 0 aliphatic carbocycles. The van der Waals surface area contributed by atoms with Gasteiger partial charge in [-0.1, -0.05) is 0 Å². The molecule has 1 amide bonds. The van der Waals surface area contributed by atoms with Gasteiger partial charge in [-0.05, 0) is 44.7 Å². The molecule has 174 valence electrons. The van der Waals surface area contributed by atoms with E-state index in [4.69, 9.17) is 0 Å². The Morgan fingerprint density at radius 3 is 2.68 bits per heavy atom. The van der Waals surface area contributed by atoms with Gasteiger partial charge in [0.1, 0.15) is 5.82 Å². The lowest BCUT2D eigenvalue weighted by Crippen LogP contribution is -2.50. The molecule has 3 aromatic heterocycles. The van der Waals surface area contributed by atoms with E-state index in [1.807, 2.05) is 16.2 Å². The van der Waals surface area contributed by atoms with Gasteiger partial charge < -0.3 is 9.30 Å². The minimum Gasteiger partial charge on any atom is -0.325 e. The van der Waals surface area contributed by atoms with Gasteiger partial charge in [0, 0.05) is 36.6 Å². The Morgan fingerprint density at radius 1 is 1.15 bits per heavy atom. The summed E-state index contributed by atoms with van der Waals surface area (Å²) in [7, 11) is 1.70. The number of aryl methyl sites for hydroxylation is 2. The number of aromatic nitrogens is 5. The molecule has 7 nitrogen and oxygen atoms in total. The molecule has 0 radical (unpaired) electrons. The molecule has 1 aromatic carbocycles. The second-order valence-corrected chi connectivity index (χ2v) is 8.95. The van der Waals surface area contributed by atoms with Crippen molar-refractivity contribution in [3.05, 3.63) is 71.0 Å². The van der Waals surface area contributed by atoms with E-state index in [-0.39, 0.29) is 23.6 Å². The van der Waals surface area contributed by atoms with Gasteiger partial charge in [-0.2, -0.15) is 5.10 Å². The Morgan fingerprint density at radius 2 is 1.91 bits per heavy atom. The van der Waals surface area contributed by atoms with Crippen LogP contribution in [0.25, 0.3) is 16.8 Å². The maximum atomic E-state index is 14.0. The Balaban J connectivity index is 1.46. The molecule has 4 aromatic rings. The second kappa shape index (κ2) is 7.41. The summed E-state index contributed by atoms with van der Waals surface area (Å²) in [5.41, 5.74) is 3.33. The van der Waals surface area contributed by atoms with Crippen molar-refractivity contribution in [2.45, 2.75) is 44.7 Å². The number of rotatable bonds is 2. The van der Waals surface area contributed by atoms with E-state index in [0.29, 0.717) is 34.8 Å². The van der Waals surface area contributed by atoms with Crippen molar-refractivity contribution in [1.82, 2.24) is 29.0 Å². The molecule has 10 heteroatoms. The summed E-state index contributed by atoms with van der Waals surface area (Å²) in [6, 6.07) is 1.61. The van der Waals surface area contributed by atoms with Crippen LogP contribution in [0.4, 0.5) is 13.2 Å². The summed E-state index contributed by atoms with van der Waals surface area (Å²) in [6.07, 6.45) is 8.00. The van der Waals surface area contributed by atoms with Gasteiger partial charge in [0.15, 0.2) is 23.1 Å². The number of nitrogens with zero attached hydrogens (tertiary/aromatic N) is 6. The fourth-order valence-corrected chi connectivity index (χ4v) is 5.57. The van der Waals surface area contributed by atoms with Crippen LogP contribution in [0.3, 0.4) is 0 Å². The standard InChI is InChI=1S/C24H21F3N6O/c1-12-29-22(19-11-28-6-7-32(12)19)24(34)33-14-4-3-5-18(33)21-15(10-14)23(31(2)30-21)13-8-16(25)20(27)17(26)9-13/h6-9,11,14,18H,3-5,10H2,1-2H3. The van der Waals surface area contributed by atoms with E-state index < -0.39 is 17.5 Å². The van der Waals surface area contributed by atoms with Gasteiger partial charge in [0.05, 0.1) is 29.1 Å². The Labute approximate surface area is 192 Å². The van der Waals surface area contributed by atoms with Gasteiger partial charge in [0.25, 0.3) is 5.91 Å². The molecule has 0 N–H and O–H groups in total. The molecule has 1 fully saturated rings. The topological polar surface area (TPSA) is 68.3 Å². The van der Waals surface area contributed by atoms with Crippen molar-refractivity contribution in [3.63, 3.8) is 0 Å². The molecule has 1 saturated heterocycles. The second-order valence-electron chi connectivity index (χ2n) is 8.95. The molecule has 2 atom stereocenters. The zero-order chi connectivity index (χ0) is 23.7. The number of carbonyl (C=O) groups excluding carboxylic acids is 1. The summed E-state index contributed by atoms with van der Waals surface area (Å²) in [4.78, 5) is 24.3. The molecule has 2 unspecified atom stereocenters. The average molecular weight is 466 g/mol. The van der Waals surface area contributed by atoms with Crippen molar-refractivity contribution in [1.29, 1.82) is 0 Å². The lowest BCUT2D eigenvalue weighted by molar-refractivity contribution is 0.0388. The van der Waals surface area contributed by atoms with Gasteiger partial charge in [-0.25, -0.2) is 18.2 Å². The van der Waals surface area contributed by atoms with Crippen LogP contribution in [0.1, 0.15) is 52.9 Å². The fraction of sp³-hybridized carbons (Fsp3) is 0.333. The molecule has 2 aliphatic rings. The van der Waals surface area contributed by atoms with Crippen molar-refractivity contribution < 1.29 is 18.0 Å². The van der Waals surface area contributed by atoms with Gasteiger partial charge in [-0.15, -0.1) is 0 Å². The minimum absolute atomic E-state index is 0.106. The number of hydrogen-bond acceptors (Lipinski definition) is 4. The highest BCUT2D eigenvalue weighted by Crippen LogP contribution is 2.45. The van der Waals surface area contributed by atoms with E-state index in [0.717, 1.165) is 37.0 Å². The molecule has 5 heterocycles. The maximum absolute atomic E-state index is 14.0. The minimum atomic E-state index is -1.49. The SMILES string of the molecule is Cc1nc(C(=O)N2C3CCCC2c2nn(C)c(-c4cc(F)c(F)c(F)c4)c2C3)c2cnccn12. The van der Waals surface area contributed by atoms with E-state index in [2.05, 4.69) is 15.1 Å². The summed E-state index contributed by atoms with van der Waals surface area (Å²) >= 11 is 0. The van der Waals surface area contributed by atoms with E-state index >= 15 is 0 Å². The van der Waals surface area contributed by atoms with Crippen molar-refractivity contribution in [3.8, 4) is 11.3 Å². The quantitative estimate of drug-likeness (QED) is 0.417. The normalized spacial score (nSPS) is 19.5. The maximum Gasteiger partial charge on any atom is 0.275 e. The largest absolute Gasteiger partial charge is 0.325 e. The number of piperidine rings is 1. The van der Waals surface area contributed by atoms with Crippen LogP contribution in [-0.2, 0) is 13.5 Å². The van der Waals surface area contributed by atoms with Crippen LogP contribution in [-0.4, -0.2) is 41.0 Å². The zero-order valence-electron chi connectivity index (χ0n) is 18.6. The third-order valence-electron chi connectivity index (χ3n) is 6.99. The summed E-state index contributed by atoms with van der Waals surface area (Å²) in [6.45, 7) is 1.84. The highest BCUT2D eigenvalue weighted by atomic mass is 19.2. The number of hydrogen-bond donors (Lipinski definition) is 0. The predicted molar refractivity (Wildman–Crippen MR) is 116 cm³/mol. The van der Waals surface area contributed by atoms with Crippen LogP contribution in [0, 0.1) is 24.4 Å². The first-order valence-corrected chi connectivity index (χ1v) is 11.2. The first-order valence-electron chi connectivity index (χ1n) is 11.2. The Kier molecular flexibility index (Phi) is 4.55. The summed E-state index contributed by atoms with van der Waals surface area (Å²) in [5, 5.41) is 4.67. The van der Waals surface area contributed by atoms with Crippen molar-refractivity contribution >= 4 is 11.4 Å². The molecule has 6 rings (SSSR count). The van der Waals surface area contributed by atoms with Crippen LogP contribution in [0.5, 0.6) is 0 Å². The van der Waals surface area contributed by atoms with Crippen molar-refractivity contribution in [2.24, 2.45) is 7.05 Å². The zero-order valence-corrected chi connectivity index (χ0v) is 18.6. The monoisotopic (exact) mass is 466 g/mol. The number of halogens is 3. The first-order chi connectivity index (χ1) is 16.3. The summed E-state index contributed by atoms with van der Waals surface area (Å²) < 4.78 is 45.0. The number of amides is 1. The third-order valence-corrected chi connectivity index (χ3v) is 6.99. The lowest BCUT2D eigenvalue weighted by Gasteiger charge is -2.45. The number of fused-ring (bicyclic) bond motifs is 5. The van der Waals surface area contributed by atoms with Gasteiger partial charge in [-0.3, -0.25) is 14.5 Å². The van der Waals surface area contributed by atoms with Crippen LogP contribution < -0.4 is 0 Å². The van der Waals surface area contributed by atoms with E-state index in [9.17, 15) is 18.0 Å². The molecular formula is C24H21F3N6O. The highest BCUT2D eigenvalue weighted by molar-refractivity contribution is 5.99. The molecule has 0 saturated carbocycles. The van der Waals surface area contributed by atoms with Crippen LogP contribution in [0.2, 0.25) is 0 Å². The van der Waals surface area contributed by atoms with Gasteiger partial charge in [0.2, 0.25) is 0 Å². The molecular weight excluding hydrogens is 445 g/mol. The smallest absolute Gasteiger partial charge is 0.275 e. The molecule has 2 aliphatic heterocycles. The molecule has 2 bridgehead atoms. The molecule has 34 heavy (non-hydrogen) atoms. The predicted octanol–water partition coefficient (Wildman–Crippen LogP) is 4.15. The van der Waals surface area contributed by atoms with Gasteiger partial charge >= 0.3 is 0 Å². The van der Waals surface area contributed by atoms with Crippen LogP contribution >= 0.6 is 0 Å². The lowest BCUT2D eigenvalue weighted by atomic mass is 9.81. The van der Waals surface area contributed by atoms with E-state index in [1.54, 1.807) is 30.3 Å². The fourth-order valence-electron chi connectivity index (χ4n) is 5.57. The van der Waals surface area contributed by atoms with E-state index in [1.165, 1.54) is 0 Å². The Bertz CT molecular complexity index is 1450. The molecule has 0 spiro atoms. The highest BCUT2D eigenvalue weighted by Gasteiger charge is 2.44. The average Bonchev–Trinajstić information content (AvgIpc) is 3.33. The first kappa shape index (κ1) is 20.9. The number of imidazole rings is 1. The third kappa shape index (κ3) is 2.90.